The van der Waals surface area contributed by atoms with Crippen molar-refractivity contribution in [2.45, 2.75) is 38.8 Å². The molecule has 2 atom stereocenters. The summed E-state index contributed by atoms with van der Waals surface area (Å²) in [5, 5.41) is 12.2. The first-order valence-corrected chi connectivity index (χ1v) is 7.26. The van der Waals surface area contributed by atoms with Crippen LogP contribution in [-0.2, 0) is 4.79 Å². The van der Waals surface area contributed by atoms with E-state index in [0.717, 1.165) is 5.56 Å². The van der Waals surface area contributed by atoms with E-state index >= 15 is 0 Å². The van der Waals surface area contributed by atoms with E-state index in [2.05, 4.69) is 5.32 Å². The van der Waals surface area contributed by atoms with Crippen molar-refractivity contribution in [1.82, 2.24) is 10.2 Å². The number of carbonyl (C=O) groups excluding carboxylic acids is 1. The van der Waals surface area contributed by atoms with E-state index in [4.69, 9.17) is 16.7 Å². The highest BCUT2D eigenvalue weighted by atomic mass is 35.5. The van der Waals surface area contributed by atoms with Crippen LogP contribution in [0.5, 0.6) is 0 Å². The third-order valence-corrected chi connectivity index (χ3v) is 3.68. The molecule has 21 heavy (non-hydrogen) atoms. The van der Waals surface area contributed by atoms with Gasteiger partial charge in [-0.05, 0) is 31.0 Å². The molecule has 1 rings (SSSR count). The van der Waals surface area contributed by atoms with E-state index in [0.29, 0.717) is 17.9 Å². The highest BCUT2D eigenvalue weighted by Crippen LogP contribution is 2.20. The SMILES string of the molecule is CCC[C@H](NC(=O)N(C)C(C)c1ccc(Cl)cc1)C(=O)O. The van der Waals surface area contributed by atoms with E-state index in [1.807, 2.05) is 26.0 Å². The third kappa shape index (κ3) is 4.93. The van der Waals surface area contributed by atoms with Crippen LogP contribution < -0.4 is 5.32 Å². The van der Waals surface area contributed by atoms with Crippen LogP contribution in [0.3, 0.4) is 0 Å². The van der Waals surface area contributed by atoms with Crippen LogP contribution in [0.2, 0.25) is 5.02 Å². The zero-order valence-electron chi connectivity index (χ0n) is 12.5. The predicted molar refractivity (Wildman–Crippen MR) is 82.5 cm³/mol. The van der Waals surface area contributed by atoms with Crippen molar-refractivity contribution in [3.63, 3.8) is 0 Å². The van der Waals surface area contributed by atoms with Gasteiger partial charge >= 0.3 is 12.0 Å². The molecule has 0 fully saturated rings. The number of rotatable bonds is 6. The normalized spacial score (nSPS) is 13.3. The molecule has 116 valence electrons. The fourth-order valence-corrected chi connectivity index (χ4v) is 2.06. The van der Waals surface area contributed by atoms with Gasteiger partial charge in [0, 0.05) is 12.1 Å². The average Bonchev–Trinajstić information content (AvgIpc) is 2.45. The number of nitrogens with one attached hydrogen (secondary N) is 1. The van der Waals surface area contributed by atoms with Gasteiger partial charge in [0.1, 0.15) is 6.04 Å². The lowest BCUT2D eigenvalue weighted by molar-refractivity contribution is -0.139. The Kier molecular flexibility index (Phi) is 6.49. The van der Waals surface area contributed by atoms with Crippen molar-refractivity contribution in [2.75, 3.05) is 7.05 Å². The van der Waals surface area contributed by atoms with Crippen molar-refractivity contribution in [3.05, 3.63) is 34.9 Å². The fourth-order valence-electron chi connectivity index (χ4n) is 1.94. The second-order valence-electron chi connectivity index (χ2n) is 4.97. The average molecular weight is 313 g/mol. The molecule has 0 heterocycles. The number of hydrogen-bond acceptors (Lipinski definition) is 2. The minimum absolute atomic E-state index is 0.182. The molecule has 1 aromatic rings. The number of hydrogen-bond donors (Lipinski definition) is 2. The maximum Gasteiger partial charge on any atom is 0.326 e. The third-order valence-electron chi connectivity index (χ3n) is 3.43. The molecule has 0 spiro atoms. The fraction of sp³-hybridized carbons (Fsp3) is 0.467. The lowest BCUT2D eigenvalue weighted by Crippen LogP contribution is -2.47. The quantitative estimate of drug-likeness (QED) is 0.846. The summed E-state index contributed by atoms with van der Waals surface area (Å²) in [5.74, 6) is -1.02. The monoisotopic (exact) mass is 312 g/mol. The van der Waals surface area contributed by atoms with Crippen LogP contribution in [-0.4, -0.2) is 35.1 Å². The van der Waals surface area contributed by atoms with Gasteiger partial charge in [-0.15, -0.1) is 0 Å². The van der Waals surface area contributed by atoms with Gasteiger partial charge in [0.05, 0.1) is 6.04 Å². The van der Waals surface area contributed by atoms with Gasteiger partial charge in [-0.1, -0.05) is 37.1 Å². The highest BCUT2D eigenvalue weighted by Gasteiger charge is 2.23. The molecule has 1 aromatic carbocycles. The smallest absolute Gasteiger partial charge is 0.326 e. The van der Waals surface area contributed by atoms with E-state index in [-0.39, 0.29) is 6.04 Å². The molecule has 0 bridgehead atoms. The molecule has 0 saturated carbocycles. The summed E-state index contributed by atoms with van der Waals surface area (Å²) in [5.41, 5.74) is 0.930. The van der Waals surface area contributed by atoms with Gasteiger partial charge in [0.25, 0.3) is 0 Å². The highest BCUT2D eigenvalue weighted by molar-refractivity contribution is 6.30. The maximum absolute atomic E-state index is 12.1. The minimum Gasteiger partial charge on any atom is -0.480 e. The molecule has 5 nitrogen and oxygen atoms in total. The molecule has 2 amide bonds. The predicted octanol–water partition coefficient (Wildman–Crippen LogP) is 3.30. The molecule has 0 aliphatic rings. The van der Waals surface area contributed by atoms with Crippen molar-refractivity contribution < 1.29 is 14.7 Å². The Labute approximate surface area is 129 Å². The Morgan fingerprint density at radius 1 is 1.33 bits per heavy atom. The van der Waals surface area contributed by atoms with Crippen LogP contribution in [0.1, 0.15) is 38.3 Å². The molecular formula is C15H21ClN2O3. The van der Waals surface area contributed by atoms with Gasteiger partial charge in [-0.25, -0.2) is 9.59 Å². The second kappa shape index (κ2) is 7.88. The lowest BCUT2D eigenvalue weighted by Gasteiger charge is -2.27. The number of carbonyl (C=O) groups is 2. The Morgan fingerprint density at radius 3 is 2.38 bits per heavy atom. The van der Waals surface area contributed by atoms with Crippen LogP contribution in [0.25, 0.3) is 0 Å². The van der Waals surface area contributed by atoms with Gasteiger partial charge in [0.15, 0.2) is 0 Å². The van der Waals surface area contributed by atoms with E-state index in [1.165, 1.54) is 4.90 Å². The first kappa shape index (κ1) is 17.3. The second-order valence-corrected chi connectivity index (χ2v) is 5.40. The first-order chi connectivity index (χ1) is 9.86. The Balaban J connectivity index is 2.72. The molecule has 0 saturated heterocycles. The summed E-state index contributed by atoms with van der Waals surface area (Å²) in [6, 6.07) is 5.76. The standard InChI is InChI=1S/C15H21ClN2O3/c1-4-5-13(14(19)20)17-15(21)18(3)10(2)11-6-8-12(16)9-7-11/h6-10,13H,4-5H2,1-3H3,(H,17,21)(H,19,20)/t10?,13-/m0/s1. The zero-order valence-corrected chi connectivity index (χ0v) is 13.2. The van der Waals surface area contributed by atoms with Crippen LogP contribution >= 0.6 is 11.6 Å². The molecule has 6 heteroatoms. The number of aliphatic carboxylic acids is 1. The largest absolute Gasteiger partial charge is 0.480 e. The van der Waals surface area contributed by atoms with Gasteiger partial charge in [-0.3, -0.25) is 0 Å². The van der Waals surface area contributed by atoms with Crippen molar-refractivity contribution in [3.8, 4) is 0 Å². The molecule has 1 unspecified atom stereocenters. The lowest BCUT2D eigenvalue weighted by atomic mass is 10.1. The summed E-state index contributed by atoms with van der Waals surface area (Å²) < 4.78 is 0. The van der Waals surface area contributed by atoms with E-state index < -0.39 is 18.0 Å². The summed E-state index contributed by atoms with van der Waals surface area (Å²) in [7, 11) is 1.64. The van der Waals surface area contributed by atoms with Crippen molar-refractivity contribution in [1.29, 1.82) is 0 Å². The van der Waals surface area contributed by atoms with E-state index in [1.54, 1.807) is 19.2 Å². The minimum atomic E-state index is -1.02. The van der Waals surface area contributed by atoms with Gasteiger partial charge in [0.2, 0.25) is 0 Å². The number of halogens is 1. The van der Waals surface area contributed by atoms with Gasteiger partial charge in [-0.2, -0.15) is 0 Å². The summed E-state index contributed by atoms with van der Waals surface area (Å²) in [6.45, 7) is 3.75. The number of carboxylic acids is 1. The topological polar surface area (TPSA) is 69.6 Å². The van der Waals surface area contributed by atoms with Gasteiger partial charge < -0.3 is 15.3 Å². The number of benzene rings is 1. The van der Waals surface area contributed by atoms with Crippen molar-refractivity contribution >= 4 is 23.6 Å². The summed E-state index contributed by atoms with van der Waals surface area (Å²) >= 11 is 5.84. The Hall–Kier alpha value is -1.75. The number of amides is 2. The molecule has 2 N–H and O–H groups in total. The number of nitrogens with zero attached hydrogens (tertiary/aromatic N) is 1. The molecule has 0 radical (unpaired) electrons. The molecule has 0 aromatic heterocycles. The zero-order chi connectivity index (χ0) is 16.0. The molecular weight excluding hydrogens is 292 g/mol. The van der Waals surface area contributed by atoms with Crippen LogP contribution in [0, 0.1) is 0 Å². The Bertz CT molecular complexity index is 490. The van der Waals surface area contributed by atoms with Crippen LogP contribution in [0.4, 0.5) is 4.79 Å². The van der Waals surface area contributed by atoms with Crippen LogP contribution in [0.15, 0.2) is 24.3 Å². The van der Waals surface area contributed by atoms with E-state index in [9.17, 15) is 9.59 Å². The first-order valence-electron chi connectivity index (χ1n) is 6.88. The summed E-state index contributed by atoms with van der Waals surface area (Å²) in [6.07, 6.45) is 1.10. The molecule has 0 aliphatic heterocycles. The number of urea groups is 1. The maximum atomic E-state index is 12.1. The van der Waals surface area contributed by atoms with Crippen molar-refractivity contribution in [2.24, 2.45) is 0 Å². The Morgan fingerprint density at radius 2 is 1.90 bits per heavy atom. The number of carboxylic acid groups (broad SMARTS) is 1. The molecule has 0 aliphatic carbocycles. The summed E-state index contributed by atoms with van der Waals surface area (Å²) in [4.78, 5) is 24.7.